The smallest absolute Gasteiger partial charge is 0.421 e. The largest absolute Gasteiger partial charge is 0.478 e. The number of hydrogen-bond acceptors (Lipinski definition) is 7. The van der Waals surface area contributed by atoms with E-state index in [1.165, 1.54) is 17.3 Å². The summed E-state index contributed by atoms with van der Waals surface area (Å²) in [6.45, 7) is 5.29. The molecule has 0 saturated heterocycles. The number of allylic oxidation sites excluding steroid dienone is 2. The average Bonchev–Trinajstić information content (AvgIpc) is 3.49. The van der Waals surface area contributed by atoms with Gasteiger partial charge >= 0.3 is 12.1 Å². The molecule has 1 aromatic carbocycles. The van der Waals surface area contributed by atoms with Gasteiger partial charge in [-0.25, -0.2) is 14.2 Å². The van der Waals surface area contributed by atoms with Crippen molar-refractivity contribution in [1.29, 1.82) is 0 Å². The minimum absolute atomic E-state index is 0.213. The highest BCUT2D eigenvalue weighted by atomic mass is 19.4. The van der Waals surface area contributed by atoms with Crippen LogP contribution in [-0.2, 0) is 4.79 Å². The molecule has 2 N–H and O–H groups in total. The van der Waals surface area contributed by atoms with E-state index in [0.29, 0.717) is 50.5 Å². The van der Waals surface area contributed by atoms with Crippen LogP contribution in [0.25, 0.3) is 0 Å². The van der Waals surface area contributed by atoms with Crippen molar-refractivity contribution in [1.82, 2.24) is 15.1 Å². The number of nitrogens with zero attached hydrogens (tertiary/aromatic N) is 5. The fraction of sp³-hybridized carbons (Fsp3) is 0.517. The lowest BCUT2D eigenvalue weighted by Crippen LogP contribution is -2.47. The number of alkyl halides is 3. The number of aromatic carboxylic acids is 1. The summed E-state index contributed by atoms with van der Waals surface area (Å²) in [5.74, 6) is -4.78. The standard InChI is InChI=1S/C29H35F4N5O5/c1-4-22(29(31,32)33)27(36(3)38-34-13-14-35-38)43-25-15-21(28(41)42)24(16-23(25)30)37(19-9-11-20(39)12-10-19)26(40)18-7-5-17(2)6-8-18/h4,13-20,39H,1,5-12H2,2-3H3,(H,41,42)/b27-22-. The summed E-state index contributed by atoms with van der Waals surface area (Å²) < 4.78 is 63.0. The summed E-state index contributed by atoms with van der Waals surface area (Å²) in [5.41, 5.74) is -2.13. The molecule has 0 spiro atoms. The van der Waals surface area contributed by atoms with Crippen LogP contribution in [0.15, 0.2) is 48.6 Å². The molecule has 43 heavy (non-hydrogen) atoms. The highest BCUT2D eigenvalue weighted by Gasteiger charge is 2.39. The molecule has 234 valence electrons. The second-order valence-corrected chi connectivity index (χ2v) is 11.1. The monoisotopic (exact) mass is 609 g/mol. The van der Waals surface area contributed by atoms with Crippen LogP contribution in [0.2, 0.25) is 0 Å². The van der Waals surface area contributed by atoms with Crippen molar-refractivity contribution in [3.8, 4) is 5.75 Å². The van der Waals surface area contributed by atoms with Crippen LogP contribution in [0.3, 0.4) is 0 Å². The van der Waals surface area contributed by atoms with Gasteiger partial charge in [0.05, 0.1) is 29.7 Å². The predicted molar refractivity (Wildman–Crippen MR) is 148 cm³/mol. The van der Waals surface area contributed by atoms with E-state index in [-0.39, 0.29) is 11.6 Å². The molecular weight excluding hydrogens is 574 g/mol. The van der Waals surface area contributed by atoms with Gasteiger partial charge in [-0.1, -0.05) is 24.5 Å². The van der Waals surface area contributed by atoms with Gasteiger partial charge in [0.2, 0.25) is 11.8 Å². The molecular formula is C29H35F4N5O5. The van der Waals surface area contributed by atoms with Crippen LogP contribution in [0, 0.1) is 17.7 Å². The van der Waals surface area contributed by atoms with Crippen molar-refractivity contribution in [2.24, 2.45) is 11.8 Å². The van der Waals surface area contributed by atoms with Gasteiger partial charge in [0.15, 0.2) is 11.6 Å². The van der Waals surface area contributed by atoms with Crippen molar-refractivity contribution < 1.29 is 42.1 Å². The van der Waals surface area contributed by atoms with Crippen molar-refractivity contribution >= 4 is 17.6 Å². The minimum atomic E-state index is -4.99. The van der Waals surface area contributed by atoms with Crippen LogP contribution in [0.5, 0.6) is 5.75 Å². The third-order valence-electron chi connectivity index (χ3n) is 8.09. The number of carbonyl (C=O) groups excluding carboxylic acids is 1. The van der Waals surface area contributed by atoms with Gasteiger partial charge in [-0.05, 0) is 57.3 Å². The van der Waals surface area contributed by atoms with Crippen LogP contribution < -0.4 is 14.6 Å². The van der Waals surface area contributed by atoms with Crippen molar-refractivity contribution in [3.05, 3.63) is 60.0 Å². The zero-order chi connectivity index (χ0) is 31.5. The Morgan fingerprint density at radius 2 is 1.67 bits per heavy atom. The Hall–Kier alpha value is -3.94. The second kappa shape index (κ2) is 13.1. The molecule has 2 fully saturated rings. The van der Waals surface area contributed by atoms with Gasteiger partial charge in [0.1, 0.15) is 5.57 Å². The second-order valence-electron chi connectivity index (χ2n) is 11.1. The summed E-state index contributed by atoms with van der Waals surface area (Å²) in [6.07, 6.45) is 1.68. The van der Waals surface area contributed by atoms with E-state index in [4.69, 9.17) is 4.74 Å². The molecule has 0 bridgehead atoms. The number of carboxylic acid groups (broad SMARTS) is 1. The number of carbonyl (C=O) groups is 2. The zero-order valence-electron chi connectivity index (χ0n) is 23.9. The third-order valence-corrected chi connectivity index (χ3v) is 8.09. The first-order chi connectivity index (χ1) is 20.3. The fourth-order valence-electron chi connectivity index (χ4n) is 5.68. The molecule has 10 nitrogen and oxygen atoms in total. The van der Waals surface area contributed by atoms with Gasteiger partial charge in [-0.15, -0.1) is 10.2 Å². The maximum absolute atomic E-state index is 15.8. The average molecular weight is 610 g/mol. The molecule has 1 amide bonds. The Morgan fingerprint density at radius 3 is 2.21 bits per heavy atom. The van der Waals surface area contributed by atoms with Gasteiger partial charge in [-0.3, -0.25) is 4.79 Å². The Labute approximate surface area is 246 Å². The summed E-state index contributed by atoms with van der Waals surface area (Å²) in [6, 6.07) is 1.09. The number of aliphatic hydroxyl groups is 1. The number of benzene rings is 1. The van der Waals surface area contributed by atoms with E-state index in [1.807, 2.05) is 0 Å². The highest BCUT2D eigenvalue weighted by Crippen LogP contribution is 2.39. The number of aliphatic hydroxyl groups excluding tert-OH is 1. The molecule has 0 aliphatic heterocycles. The molecule has 14 heteroatoms. The molecule has 0 atom stereocenters. The number of anilines is 1. The first-order valence-corrected chi connectivity index (χ1v) is 14.1. The van der Waals surface area contributed by atoms with Crippen LogP contribution in [0.1, 0.15) is 68.6 Å². The van der Waals surface area contributed by atoms with E-state index in [0.717, 1.165) is 41.9 Å². The van der Waals surface area contributed by atoms with E-state index < -0.39 is 58.8 Å². The third kappa shape index (κ3) is 7.17. The number of halogens is 4. The molecule has 2 aliphatic rings. The van der Waals surface area contributed by atoms with Gasteiger partial charge in [-0.2, -0.15) is 13.2 Å². The minimum Gasteiger partial charge on any atom is -0.478 e. The van der Waals surface area contributed by atoms with Crippen molar-refractivity contribution in [3.63, 3.8) is 0 Å². The number of carboxylic acids is 1. The van der Waals surface area contributed by atoms with Crippen molar-refractivity contribution in [2.75, 3.05) is 17.0 Å². The topological polar surface area (TPSA) is 121 Å². The summed E-state index contributed by atoms with van der Waals surface area (Å²) in [4.78, 5) is 28.6. The zero-order valence-corrected chi connectivity index (χ0v) is 23.9. The molecule has 0 radical (unpaired) electrons. The van der Waals surface area contributed by atoms with E-state index in [9.17, 15) is 33.0 Å². The quantitative estimate of drug-likeness (QED) is 0.227. The van der Waals surface area contributed by atoms with E-state index >= 15 is 4.39 Å². The normalized spacial score (nSPS) is 23.2. The van der Waals surface area contributed by atoms with Gasteiger partial charge < -0.3 is 19.8 Å². The first-order valence-electron chi connectivity index (χ1n) is 14.1. The lowest BCUT2D eigenvalue weighted by Gasteiger charge is -2.39. The SMILES string of the molecule is C=C/C(=C(/Oc1cc(C(=O)O)c(N(C(=O)C2CCC(C)CC2)C2CCC(O)CC2)cc1F)N(C)n1nccn1)C(F)(F)F. The van der Waals surface area contributed by atoms with Crippen LogP contribution >= 0.6 is 0 Å². The van der Waals surface area contributed by atoms with Gasteiger partial charge in [0, 0.05) is 31.1 Å². The van der Waals surface area contributed by atoms with Gasteiger partial charge in [0.25, 0.3) is 0 Å². The van der Waals surface area contributed by atoms with E-state index in [1.54, 1.807) is 0 Å². The van der Waals surface area contributed by atoms with E-state index in [2.05, 4.69) is 23.7 Å². The molecule has 0 unspecified atom stereocenters. The maximum Gasteiger partial charge on any atom is 0.421 e. The number of amides is 1. The number of aromatic nitrogens is 3. The Kier molecular flexibility index (Phi) is 9.78. The molecule has 1 aromatic heterocycles. The first kappa shape index (κ1) is 32.0. The fourth-order valence-corrected chi connectivity index (χ4v) is 5.68. The lowest BCUT2D eigenvalue weighted by molar-refractivity contribution is -0.124. The summed E-state index contributed by atoms with van der Waals surface area (Å²) >= 11 is 0. The molecule has 4 rings (SSSR count). The number of ether oxygens (including phenoxy) is 1. The maximum atomic E-state index is 15.8. The predicted octanol–water partition coefficient (Wildman–Crippen LogP) is 5.18. The summed E-state index contributed by atoms with van der Waals surface area (Å²) in [5, 5.41) is 28.5. The molecule has 2 aliphatic carbocycles. The van der Waals surface area contributed by atoms with Crippen LogP contribution in [0.4, 0.5) is 23.2 Å². The Morgan fingerprint density at radius 1 is 1.07 bits per heavy atom. The van der Waals surface area contributed by atoms with Crippen LogP contribution in [-0.4, -0.2) is 62.6 Å². The molecule has 2 saturated carbocycles. The lowest BCUT2D eigenvalue weighted by atomic mass is 9.81. The van der Waals surface area contributed by atoms with Crippen molar-refractivity contribution in [2.45, 2.75) is 76.6 Å². The molecule has 1 heterocycles. The highest BCUT2D eigenvalue weighted by molar-refractivity contribution is 6.03. The summed E-state index contributed by atoms with van der Waals surface area (Å²) in [7, 11) is 1.14. The molecule has 2 aromatic rings. The Bertz CT molecular complexity index is 1350. The number of hydrogen-bond donors (Lipinski definition) is 2. The number of rotatable bonds is 9. The Balaban J connectivity index is 1.81.